The van der Waals surface area contributed by atoms with E-state index in [-0.39, 0.29) is 0 Å². The van der Waals surface area contributed by atoms with Crippen LogP contribution in [0, 0.1) is 0 Å². The molecule has 0 aliphatic carbocycles. The van der Waals surface area contributed by atoms with E-state index < -0.39 is 0 Å². The summed E-state index contributed by atoms with van der Waals surface area (Å²) in [6, 6.07) is 8.21. The number of hydrogen-bond donors (Lipinski definition) is 1. The molecule has 0 aromatic heterocycles. The van der Waals surface area contributed by atoms with Gasteiger partial charge in [-0.2, -0.15) is 0 Å². The molecule has 88 valence electrons. The number of likely N-dealkylation sites (tertiary alicyclic amines) is 1. The van der Waals surface area contributed by atoms with Crippen molar-refractivity contribution in [3.05, 3.63) is 29.8 Å². The molecule has 16 heavy (non-hydrogen) atoms. The van der Waals surface area contributed by atoms with Gasteiger partial charge in [0.05, 0.1) is 0 Å². The maximum atomic E-state index is 9.23. The Kier molecular flexibility index (Phi) is 3.83. The molecule has 0 bridgehead atoms. The standard InChI is InChI=1S/C14H21NO/c1-12(15-9-3-2-4-10-15)11-13-5-7-14(16)8-6-13/h5-8,12,16H,2-4,9-11H2,1H3. The van der Waals surface area contributed by atoms with E-state index in [1.807, 2.05) is 12.1 Å². The van der Waals surface area contributed by atoms with E-state index in [1.54, 1.807) is 12.1 Å². The van der Waals surface area contributed by atoms with Gasteiger partial charge in [0.2, 0.25) is 0 Å². The summed E-state index contributed by atoms with van der Waals surface area (Å²) in [6.45, 7) is 4.80. The van der Waals surface area contributed by atoms with Crippen molar-refractivity contribution < 1.29 is 5.11 Å². The molecule has 1 aliphatic rings. The minimum Gasteiger partial charge on any atom is -0.508 e. The van der Waals surface area contributed by atoms with E-state index in [4.69, 9.17) is 0 Å². The number of rotatable bonds is 3. The van der Waals surface area contributed by atoms with Crippen molar-refractivity contribution in [3.63, 3.8) is 0 Å². The summed E-state index contributed by atoms with van der Waals surface area (Å²) in [5, 5.41) is 9.23. The molecule has 2 heteroatoms. The van der Waals surface area contributed by atoms with Crippen LogP contribution >= 0.6 is 0 Å². The molecule has 1 aliphatic heterocycles. The van der Waals surface area contributed by atoms with Gasteiger partial charge in [0, 0.05) is 6.04 Å². The van der Waals surface area contributed by atoms with Gasteiger partial charge in [0.15, 0.2) is 0 Å². The zero-order valence-corrected chi connectivity index (χ0v) is 10.0. The highest BCUT2D eigenvalue weighted by molar-refractivity contribution is 5.26. The monoisotopic (exact) mass is 219 g/mol. The lowest BCUT2D eigenvalue weighted by Gasteiger charge is -2.32. The molecule has 0 radical (unpaired) electrons. The van der Waals surface area contributed by atoms with E-state index in [9.17, 15) is 5.11 Å². The van der Waals surface area contributed by atoms with E-state index in [2.05, 4.69) is 11.8 Å². The van der Waals surface area contributed by atoms with Crippen molar-refractivity contribution in [2.24, 2.45) is 0 Å². The fraction of sp³-hybridized carbons (Fsp3) is 0.571. The van der Waals surface area contributed by atoms with E-state index in [0.29, 0.717) is 11.8 Å². The van der Waals surface area contributed by atoms with Gasteiger partial charge in [-0.1, -0.05) is 18.6 Å². The first-order chi connectivity index (χ1) is 7.75. The van der Waals surface area contributed by atoms with Gasteiger partial charge < -0.3 is 10.0 Å². The largest absolute Gasteiger partial charge is 0.508 e. The van der Waals surface area contributed by atoms with E-state index in [1.165, 1.54) is 37.9 Å². The molecule has 1 saturated heterocycles. The van der Waals surface area contributed by atoms with E-state index >= 15 is 0 Å². The summed E-state index contributed by atoms with van der Waals surface area (Å²) in [6.07, 6.45) is 5.17. The number of hydrogen-bond acceptors (Lipinski definition) is 2. The molecule has 2 rings (SSSR count). The summed E-state index contributed by atoms with van der Waals surface area (Å²) in [5.41, 5.74) is 1.32. The third-order valence-electron chi connectivity index (χ3n) is 3.48. The Morgan fingerprint density at radius 2 is 1.75 bits per heavy atom. The summed E-state index contributed by atoms with van der Waals surface area (Å²) >= 11 is 0. The number of aromatic hydroxyl groups is 1. The zero-order valence-electron chi connectivity index (χ0n) is 10.0. The molecule has 1 heterocycles. The molecule has 0 amide bonds. The van der Waals surface area contributed by atoms with Crippen molar-refractivity contribution in [2.45, 2.75) is 38.6 Å². The third-order valence-corrected chi connectivity index (χ3v) is 3.48. The number of phenolic OH excluding ortho intramolecular Hbond substituents is 1. The number of piperidine rings is 1. The van der Waals surface area contributed by atoms with Gasteiger partial charge in [0.1, 0.15) is 5.75 Å². The highest BCUT2D eigenvalue weighted by atomic mass is 16.3. The Hall–Kier alpha value is -1.02. The van der Waals surface area contributed by atoms with Crippen LogP contribution in [-0.4, -0.2) is 29.1 Å². The summed E-state index contributed by atoms with van der Waals surface area (Å²) in [5.74, 6) is 0.356. The molecule has 1 aromatic carbocycles. The predicted octanol–water partition coefficient (Wildman–Crippen LogP) is 2.81. The smallest absolute Gasteiger partial charge is 0.115 e. The van der Waals surface area contributed by atoms with Crippen LogP contribution in [0.3, 0.4) is 0 Å². The van der Waals surface area contributed by atoms with Gasteiger partial charge in [0.25, 0.3) is 0 Å². The van der Waals surface area contributed by atoms with Gasteiger partial charge in [-0.05, 0) is 57.0 Å². The molecule has 1 fully saturated rings. The van der Waals surface area contributed by atoms with Crippen LogP contribution in [0.4, 0.5) is 0 Å². The Morgan fingerprint density at radius 3 is 2.38 bits per heavy atom. The Labute approximate surface area is 97.9 Å². The van der Waals surface area contributed by atoms with Crippen LogP contribution in [0.1, 0.15) is 31.7 Å². The minimum absolute atomic E-state index is 0.356. The van der Waals surface area contributed by atoms with Gasteiger partial charge in [-0.25, -0.2) is 0 Å². The second-order valence-electron chi connectivity index (χ2n) is 4.82. The lowest BCUT2D eigenvalue weighted by atomic mass is 10.0. The van der Waals surface area contributed by atoms with Gasteiger partial charge in [-0.3, -0.25) is 0 Å². The third kappa shape index (κ3) is 2.99. The maximum absolute atomic E-state index is 9.23. The van der Waals surface area contributed by atoms with Gasteiger partial charge in [-0.15, -0.1) is 0 Å². The molecular formula is C14H21NO. The topological polar surface area (TPSA) is 23.5 Å². The van der Waals surface area contributed by atoms with Crippen LogP contribution in [-0.2, 0) is 6.42 Å². The van der Waals surface area contributed by atoms with E-state index in [0.717, 1.165) is 6.42 Å². The molecule has 0 spiro atoms. The van der Waals surface area contributed by atoms with Crippen molar-refractivity contribution in [1.82, 2.24) is 4.90 Å². The van der Waals surface area contributed by atoms with Crippen LogP contribution in [0.15, 0.2) is 24.3 Å². The predicted molar refractivity (Wildman–Crippen MR) is 66.7 cm³/mol. The molecule has 1 atom stereocenters. The fourth-order valence-corrected chi connectivity index (χ4v) is 2.46. The number of benzene rings is 1. The quantitative estimate of drug-likeness (QED) is 0.845. The van der Waals surface area contributed by atoms with Crippen molar-refractivity contribution in [2.75, 3.05) is 13.1 Å². The normalized spacial score (nSPS) is 19.6. The highest BCUT2D eigenvalue weighted by Crippen LogP contribution is 2.17. The Morgan fingerprint density at radius 1 is 1.12 bits per heavy atom. The minimum atomic E-state index is 0.356. The molecule has 2 nitrogen and oxygen atoms in total. The SMILES string of the molecule is CC(Cc1ccc(O)cc1)N1CCCCC1. The first kappa shape index (κ1) is 11.5. The summed E-state index contributed by atoms with van der Waals surface area (Å²) in [7, 11) is 0. The Balaban J connectivity index is 1.90. The molecular weight excluding hydrogens is 198 g/mol. The zero-order chi connectivity index (χ0) is 11.4. The number of phenols is 1. The Bertz CT molecular complexity index is 314. The van der Waals surface area contributed by atoms with Crippen LogP contribution in [0.2, 0.25) is 0 Å². The van der Waals surface area contributed by atoms with Gasteiger partial charge >= 0.3 is 0 Å². The summed E-state index contributed by atoms with van der Waals surface area (Å²) < 4.78 is 0. The average molecular weight is 219 g/mol. The molecule has 1 N–H and O–H groups in total. The molecule has 0 saturated carbocycles. The summed E-state index contributed by atoms with van der Waals surface area (Å²) in [4.78, 5) is 2.58. The second-order valence-corrected chi connectivity index (χ2v) is 4.82. The first-order valence-corrected chi connectivity index (χ1v) is 6.27. The van der Waals surface area contributed by atoms with Crippen molar-refractivity contribution in [1.29, 1.82) is 0 Å². The first-order valence-electron chi connectivity index (χ1n) is 6.27. The second kappa shape index (κ2) is 5.35. The molecule has 1 aromatic rings. The fourth-order valence-electron chi connectivity index (χ4n) is 2.46. The maximum Gasteiger partial charge on any atom is 0.115 e. The van der Waals surface area contributed by atoms with Crippen molar-refractivity contribution >= 4 is 0 Å². The lowest BCUT2D eigenvalue weighted by molar-refractivity contribution is 0.173. The number of nitrogens with zero attached hydrogens (tertiary/aromatic N) is 1. The average Bonchev–Trinajstić information content (AvgIpc) is 2.33. The van der Waals surface area contributed by atoms with Crippen molar-refractivity contribution in [3.8, 4) is 5.75 Å². The highest BCUT2D eigenvalue weighted by Gasteiger charge is 2.16. The van der Waals surface area contributed by atoms with Crippen LogP contribution < -0.4 is 0 Å². The van der Waals surface area contributed by atoms with Crippen LogP contribution in [0.5, 0.6) is 5.75 Å². The molecule has 1 unspecified atom stereocenters. The van der Waals surface area contributed by atoms with Crippen LogP contribution in [0.25, 0.3) is 0 Å². The lowest BCUT2D eigenvalue weighted by Crippen LogP contribution is -2.38.